The van der Waals surface area contributed by atoms with Gasteiger partial charge in [-0.15, -0.1) is 0 Å². The Balaban J connectivity index is 1.47. The highest BCUT2D eigenvalue weighted by atomic mass is 16.6. The van der Waals surface area contributed by atoms with E-state index in [2.05, 4.69) is 5.32 Å². The van der Waals surface area contributed by atoms with E-state index < -0.39 is 4.92 Å². The van der Waals surface area contributed by atoms with E-state index in [-0.39, 0.29) is 23.6 Å². The number of ether oxygens (including phenoxy) is 2. The fourth-order valence-corrected chi connectivity index (χ4v) is 4.01. The number of rotatable bonds is 6. The Kier molecular flexibility index (Phi) is 6.25. The third-order valence-corrected chi connectivity index (χ3v) is 5.64. The summed E-state index contributed by atoms with van der Waals surface area (Å²) in [5.74, 6) is 0.00273. The number of nitro groups is 1. The maximum absolute atomic E-state index is 12.7. The maximum Gasteiger partial charge on any atom is 0.293 e. The molecule has 30 heavy (non-hydrogen) atoms. The van der Waals surface area contributed by atoms with Gasteiger partial charge in [0.1, 0.15) is 5.69 Å². The first-order valence-corrected chi connectivity index (χ1v) is 10.2. The van der Waals surface area contributed by atoms with Crippen LogP contribution in [-0.2, 0) is 9.47 Å². The number of nitrogens with one attached hydrogen (secondary N) is 1. The third-order valence-electron chi connectivity index (χ3n) is 5.64. The van der Waals surface area contributed by atoms with E-state index >= 15 is 0 Å². The van der Waals surface area contributed by atoms with Crippen molar-refractivity contribution in [2.75, 3.05) is 44.8 Å². The lowest BCUT2D eigenvalue weighted by atomic mass is 9.95. The van der Waals surface area contributed by atoms with E-state index in [4.69, 9.17) is 9.47 Å². The lowest BCUT2D eigenvalue weighted by molar-refractivity contribution is -0.384. The van der Waals surface area contributed by atoms with Crippen molar-refractivity contribution >= 4 is 17.3 Å². The first kappa shape index (κ1) is 20.3. The molecule has 0 bridgehead atoms. The van der Waals surface area contributed by atoms with E-state index in [1.54, 1.807) is 17.0 Å². The molecule has 2 unspecified atom stereocenters. The molecule has 2 fully saturated rings. The number of hydrogen-bond acceptors (Lipinski definition) is 6. The Morgan fingerprint density at radius 3 is 2.63 bits per heavy atom. The molecule has 2 saturated heterocycles. The van der Waals surface area contributed by atoms with Gasteiger partial charge in [-0.3, -0.25) is 14.9 Å². The molecular formula is C22H25N3O5. The van der Waals surface area contributed by atoms with Crippen molar-refractivity contribution in [3.05, 3.63) is 69.8 Å². The number of hydrogen-bond donors (Lipinski definition) is 1. The molecule has 2 aromatic rings. The Labute approximate surface area is 174 Å². The lowest BCUT2D eigenvalue weighted by Crippen LogP contribution is -2.40. The van der Waals surface area contributed by atoms with Crippen LogP contribution in [0.5, 0.6) is 0 Å². The number of carbonyl (C=O) groups excluding carboxylic acids is 1. The summed E-state index contributed by atoms with van der Waals surface area (Å²) in [5.41, 5.74) is 1.75. The first-order chi connectivity index (χ1) is 14.6. The molecule has 2 atom stereocenters. The summed E-state index contributed by atoms with van der Waals surface area (Å²) in [5, 5.41) is 14.9. The number of amides is 1. The highest BCUT2D eigenvalue weighted by Gasteiger charge is 2.30. The van der Waals surface area contributed by atoms with E-state index in [1.165, 1.54) is 6.07 Å². The molecule has 8 heteroatoms. The van der Waals surface area contributed by atoms with Crippen LogP contribution < -0.4 is 5.32 Å². The summed E-state index contributed by atoms with van der Waals surface area (Å²) < 4.78 is 11.2. The van der Waals surface area contributed by atoms with Gasteiger partial charge in [-0.2, -0.15) is 0 Å². The fraction of sp³-hybridized carbons (Fsp3) is 0.409. The molecule has 0 aromatic heterocycles. The molecule has 0 radical (unpaired) electrons. The van der Waals surface area contributed by atoms with Crippen molar-refractivity contribution in [3.8, 4) is 0 Å². The first-order valence-electron chi connectivity index (χ1n) is 10.2. The van der Waals surface area contributed by atoms with Crippen molar-refractivity contribution in [2.24, 2.45) is 5.92 Å². The number of morpholine rings is 1. The van der Waals surface area contributed by atoms with Gasteiger partial charge in [0.05, 0.1) is 24.2 Å². The highest BCUT2D eigenvalue weighted by Crippen LogP contribution is 2.35. The topological polar surface area (TPSA) is 93.9 Å². The zero-order valence-corrected chi connectivity index (χ0v) is 16.7. The van der Waals surface area contributed by atoms with Gasteiger partial charge in [-0.25, -0.2) is 0 Å². The molecular weight excluding hydrogens is 386 g/mol. The molecule has 1 N–H and O–H groups in total. The number of nitrogens with zero attached hydrogens (tertiary/aromatic N) is 2. The summed E-state index contributed by atoms with van der Waals surface area (Å²) >= 11 is 0. The molecule has 2 aliphatic heterocycles. The minimum atomic E-state index is -0.446. The molecule has 2 heterocycles. The molecule has 2 aromatic carbocycles. The second kappa shape index (κ2) is 9.23. The van der Waals surface area contributed by atoms with E-state index in [9.17, 15) is 14.9 Å². The second-order valence-electron chi connectivity index (χ2n) is 7.53. The molecule has 0 aliphatic carbocycles. The predicted octanol–water partition coefficient (Wildman–Crippen LogP) is 3.26. The normalized spacial score (nSPS) is 21.4. The quantitative estimate of drug-likeness (QED) is 0.579. The molecule has 158 valence electrons. The highest BCUT2D eigenvalue weighted by molar-refractivity contribution is 5.95. The van der Waals surface area contributed by atoms with Crippen LogP contribution in [0.4, 0.5) is 11.4 Å². The zero-order valence-electron chi connectivity index (χ0n) is 16.7. The van der Waals surface area contributed by atoms with Crippen LogP contribution in [0.1, 0.15) is 28.4 Å². The number of nitro benzene ring substituents is 1. The summed E-state index contributed by atoms with van der Waals surface area (Å²) in [4.78, 5) is 25.5. The van der Waals surface area contributed by atoms with Crippen LogP contribution in [0.15, 0.2) is 48.5 Å². The lowest BCUT2D eigenvalue weighted by Gasteiger charge is -2.27. The smallest absolute Gasteiger partial charge is 0.293 e. The van der Waals surface area contributed by atoms with Crippen LogP contribution in [-0.4, -0.2) is 55.2 Å². The van der Waals surface area contributed by atoms with Gasteiger partial charge in [0.2, 0.25) is 0 Å². The molecule has 8 nitrogen and oxygen atoms in total. The van der Waals surface area contributed by atoms with Gasteiger partial charge in [0, 0.05) is 43.8 Å². The van der Waals surface area contributed by atoms with Crippen molar-refractivity contribution in [1.82, 2.24) is 4.90 Å². The van der Waals surface area contributed by atoms with Gasteiger partial charge >= 0.3 is 0 Å². The van der Waals surface area contributed by atoms with Crippen LogP contribution in [0.3, 0.4) is 0 Å². The van der Waals surface area contributed by atoms with Gasteiger partial charge < -0.3 is 19.7 Å². The SMILES string of the molecule is O=C(c1ccc(NCC2CCOC2c2ccccc2)c([N+](=O)[O-])c1)N1CCOCC1. The zero-order chi connectivity index (χ0) is 20.9. The molecule has 1 amide bonds. The van der Waals surface area contributed by atoms with Crippen molar-refractivity contribution in [2.45, 2.75) is 12.5 Å². The Bertz CT molecular complexity index is 899. The van der Waals surface area contributed by atoms with Gasteiger partial charge in [-0.1, -0.05) is 30.3 Å². The molecule has 0 saturated carbocycles. The van der Waals surface area contributed by atoms with E-state index in [0.29, 0.717) is 50.7 Å². The van der Waals surface area contributed by atoms with Crippen LogP contribution in [0.2, 0.25) is 0 Å². The fourth-order valence-electron chi connectivity index (χ4n) is 4.01. The average molecular weight is 411 g/mol. The van der Waals surface area contributed by atoms with Crippen LogP contribution >= 0.6 is 0 Å². The van der Waals surface area contributed by atoms with Gasteiger partial charge in [0.25, 0.3) is 11.6 Å². The Hall–Kier alpha value is -2.97. The van der Waals surface area contributed by atoms with E-state index in [1.807, 2.05) is 30.3 Å². The Morgan fingerprint density at radius 2 is 1.90 bits per heavy atom. The summed E-state index contributed by atoms with van der Waals surface area (Å²) in [7, 11) is 0. The van der Waals surface area contributed by atoms with Gasteiger partial charge in [-0.05, 0) is 24.1 Å². The summed E-state index contributed by atoms with van der Waals surface area (Å²) in [6.07, 6.45) is 0.855. The molecule has 2 aliphatic rings. The number of anilines is 1. The van der Waals surface area contributed by atoms with Crippen molar-refractivity contribution < 1.29 is 19.2 Å². The predicted molar refractivity (Wildman–Crippen MR) is 112 cm³/mol. The molecule has 0 spiro atoms. The standard InChI is InChI=1S/C22H25N3O5/c26-22(24-9-12-29-13-10-24)17-6-7-19(20(14-17)25(27)28)23-15-18-8-11-30-21(18)16-4-2-1-3-5-16/h1-7,14,18,21,23H,8-13,15H2. The van der Waals surface area contributed by atoms with Crippen molar-refractivity contribution in [1.29, 1.82) is 0 Å². The van der Waals surface area contributed by atoms with Crippen LogP contribution in [0.25, 0.3) is 0 Å². The minimum Gasteiger partial charge on any atom is -0.379 e. The number of carbonyl (C=O) groups is 1. The Morgan fingerprint density at radius 1 is 1.13 bits per heavy atom. The minimum absolute atomic E-state index is 0.0278. The maximum atomic E-state index is 12.7. The van der Waals surface area contributed by atoms with Crippen LogP contribution in [0, 0.1) is 16.0 Å². The van der Waals surface area contributed by atoms with Gasteiger partial charge in [0.15, 0.2) is 0 Å². The average Bonchev–Trinajstić information content (AvgIpc) is 3.27. The summed E-state index contributed by atoms with van der Waals surface area (Å²) in [6.45, 7) is 3.18. The van der Waals surface area contributed by atoms with Crippen molar-refractivity contribution in [3.63, 3.8) is 0 Å². The molecule has 4 rings (SSSR count). The monoisotopic (exact) mass is 411 g/mol. The van der Waals surface area contributed by atoms with E-state index in [0.717, 1.165) is 12.0 Å². The summed E-state index contributed by atoms with van der Waals surface area (Å²) in [6, 6.07) is 14.6. The second-order valence-corrected chi connectivity index (χ2v) is 7.53. The largest absolute Gasteiger partial charge is 0.379 e. The number of benzene rings is 2. The third kappa shape index (κ3) is 4.44.